The standard InChI is InChI=1S/C10H15N/c1-6-5-7(2)9(4)10(11)8(6)3/h5H,11H2,1-4H3. The van der Waals surface area contributed by atoms with Crippen molar-refractivity contribution < 1.29 is 0 Å². The third kappa shape index (κ3) is 1.23. The van der Waals surface area contributed by atoms with Crippen LogP contribution < -0.4 is 5.73 Å². The zero-order chi connectivity index (χ0) is 8.59. The van der Waals surface area contributed by atoms with Gasteiger partial charge in [-0.3, -0.25) is 0 Å². The Hall–Kier alpha value is -0.980. The predicted molar refractivity (Wildman–Crippen MR) is 49.8 cm³/mol. The molecule has 1 aromatic rings. The fourth-order valence-corrected chi connectivity index (χ4v) is 1.25. The maximum absolute atomic E-state index is 5.88. The highest BCUT2D eigenvalue weighted by Gasteiger charge is 2.03. The van der Waals surface area contributed by atoms with Crippen molar-refractivity contribution in [3.63, 3.8) is 0 Å². The molecule has 0 heterocycles. The third-order valence-electron chi connectivity index (χ3n) is 2.42. The van der Waals surface area contributed by atoms with E-state index in [9.17, 15) is 0 Å². The Morgan fingerprint density at radius 2 is 1.27 bits per heavy atom. The number of aryl methyl sites for hydroxylation is 2. The molecular weight excluding hydrogens is 134 g/mol. The first-order valence-corrected chi connectivity index (χ1v) is 3.87. The van der Waals surface area contributed by atoms with Gasteiger partial charge in [-0.15, -0.1) is 0 Å². The molecule has 0 atom stereocenters. The molecule has 0 aromatic heterocycles. The van der Waals surface area contributed by atoms with Crippen LogP contribution in [0, 0.1) is 27.7 Å². The summed E-state index contributed by atoms with van der Waals surface area (Å²) in [6.45, 7) is 8.32. The SMILES string of the molecule is Cc1cc(C)c(C)c(N)c1C. The molecule has 11 heavy (non-hydrogen) atoms. The van der Waals surface area contributed by atoms with E-state index in [1.807, 2.05) is 0 Å². The monoisotopic (exact) mass is 149 g/mol. The fourth-order valence-electron chi connectivity index (χ4n) is 1.25. The largest absolute Gasteiger partial charge is 0.398 e. The average molecular weight is 149 g/mol. The van der Waals surface area contributed by atoms with Crippen LogP contribution in [0.2, 0.25) is 0 Å². The number of nitrogens with two attached hydrogens (primary N) is 1. The summed E-state index contributed by atoms with van der Waals surface area (Å²) in [5.74, 6) is 0. The zero-order valence-electron chi connectivity index (χ0n) is 7.65. The van der Waals surface area contributed by atoms with E-state index < -0.39 is 0 Å². The molecule has 0 unspecified atom stereocenters. The van der Waals surface area contributed by atoms with Crippen LogP contribution in [0.1, 0.15) is 22.3 Å². The van der Waals surface area contributed by atoms with E-state index >= 15 is 0 Å². The van der Waals surface area contributed by atoms with Gasteiger partial charge in [-0.1, -0.05) is 6.07 Å². The Morgan fingerprint density at radius 1 is 0.909 bits per heavy atom. The Kier molecular flexibility index (Phi) is 1.90. The van der Waals surface area contributed by atoms with Crippen molar-refractivity contribution in [3.8, 4) is 0 Å². The highest BCUT2D eigenvalue weighted by molar-refractivity contribution is 5.58. The molecule has 1 nitrogen and oxygen atoms in total. The van der Waals surface area contributed by atoms with Crippen molar-refractivity contribution in [3.05, 3.63) is 28.3 Å². The van der Waals surface area contributed by atoms with Gasteiger partial charge in [0.25, 0.3) is 0 Å². The minimum Gasteiger partial charge on any atom is -0.398 e. The highest BCUT2D eigenvalue weighted by Crippen LogP contribution is 2.22. The molecule has 1 aromatic carbocycles. The Labute approximate surface area is 68.2 Å². The van der Waals surface area contributed by atoms with E-state index in [2.05, 4.69) is 33.8 Å². The Balaban J connectivity index is 3.46. The topological polar surface area (TPSA) is 26.0 Å². The summed E-state index contributed by atoms with van der Waals surface area (Å²) in [6.07, 6.45) is 0. The maximum atomic E-state index is 5.88. The van der Waals surface area contributed by atoms with E-state index in [0.29, 0.717) is 0 Å². The lowest BCUT2D eigenvalue weighted by Crippen LogP contribution is -1.98. The van der Waals surface area contributed by atoms with Gasteiger partial charge >= 0.3 is 0 Å². The molecule has 60 valence electrons. The smallest absolute Gasteiger partial charge is 0.0378 e. The van der Waals surface area contributed by atoms with E-state index in [1.165, 1.54) is 22.3 Å². The molecule has 0 aliphatic heterocycles. The molecule has 0 fully saturated rings. The number of benzene rings is 1. The molecule has 0 saturated heterocycles. The van der Waals surface area contributed by atoms with Crippen LogP contribution >= 0.6 is 0 Å². The summed E-state index contributed by atoms with van der Waals surface area (Å²) in [5, 5.41) is 0. The highest BCUT2D eigenvalue weighted by atomic mass is 14.6. The molecule has 0 saturated carbocycles. The Bertz CT molecular complexity index is 261. The van der Waals surface area contributed by atoms with Crippen molar-refractivity contribution in [2.75, 3.05) is 5.73 Å². The number of nitrogen functional groups attached to an aromatic ring is 1. The molecule has 0 spiro atoms. The fraction of sp³-hybridized carbons (Fsp3) is 0.400. The number of rotatable bonds is 0. The van der Waals surface area contributed by atoms with Crippen molar-refractivity contribution in [2.45, 2.75) is 27.7 Å². The summed E-state index contributed by atoms with van der Waals surface area (Å²) < 4.78 is 0. The molecule has 0 radical (unpaired) electrons. The number of hydrogen-bond acceptors (Lipinski definition) is 1. The van der Waals surface area contributed by atoms with Crippen LogP contribution in [0.15, 0.2) is 6.07 Å². The molecular formula is C10H15N. The minimum atomic E-state index is 0.947. The van der Waals surface area contributed by atoms with Crippen LogP contribution in [0.3, 0.4) is 0 Å². The number of hydrogen-bond donors (Lipinski definition) is 1. The molecule has 0 amide bonds. The zero-order valence-corrected chi connectivity index (χ0v) is 7.65. The molecule has 0 aliphatic carbocycles. The lowest BCUT2D eigenvalue weighted by Gasteiger charge is -2.10. The van der Waals surface area contributed by atoms with Crippen LogP contribution in [0.4, 0.5) is 5.69 Å². The molecule has 1 heteroatoms. The van der Waals surface area contributed by atoms with Crippen molar-refractivity contribution >= 4 is 5.69 Å². The van der Waals surface area contributed by atoms with Gasteiger partial charge in [0, 0.05) is 5.69 Å². The second kappa shape index (κ2) is 2.57. The lowest BCUT2D eigenvalue weighted by molar-refractivity contribution is 1.25. The molecule has 0 bridgehead atoms. The quantitative estimate of drug-likeness (QED) is 0.563. The van der Waals surface area contributed by atoms with Crippen LogP contribution in [-0.4, -0.2) is 0 Å². The summed E-state index contributed by atoms with van der Waals surface area (Å²) in [6, 6.07) is 2.18. The van der Waals surface area contributed by atoms with Crippen molar-refractivity contribution in [1.29, 1.82) is 0 Å². The Morgan fingerprint density at radius 3 is 1.64 bits per heavy atom. The van der Waals surface area contributed by atoms with E-state index in [1.54, 1.807) is 0 Å². The maximum Gasteiger partial charge on any atom is 0.0378 e. The van der Waals surface area contributed by atoms with Gasteiger partial charge in [-0.25, -0.2) is 0 Å². The second-order valence-electron chi connectivity index (χ2n) is 3.17. The number of anilines is 1. The van der Waals surface area contributed by atoms with Gasteiger partial charge in [0.05, 0.1) is 0 Å². The molecule has 1 rings (SSSR count). The molecule has 2 N–H and O–H groups in total. The van der Waals surface area contributed by atoms with Gasteiger partial charge in [0.15, 0.2) is 0 Å². The minimum absolute atomic E-state index is 0.947. The summed E-state index contributed by atoms with van der Waals surface area (Å²) >= 11 is 0. The van der Waals surface area contributed by atoms with Gasteiger partial charge in [-0.05, 0) is 49.9 Å². The van der Waals surface area contributed by atoms with E-state index in [4.69, 9.17) is 5.73 Å². The van der Waals surface area contributed by atoms with Crippen LogP contribution in [0.5, 0.6) is 0 Å². The first kappa shape index (κ1) is 8.12. The van der Waals surface area contributed by atoms with Crippen molar-refractivity contribution in [1.82, 2.24) is 0 Å². The second-order valence-corrected chi connectivity index (χ2v) is 3.17. The average Bonchev–Trinajstić information content (AvgIpc) is 1.97. The first-order valence-electron chi connectivity index (χ1n) is 3.87. The van der Waals surface area contributed by atoms with Crippen molar-refractivity contribution in [2.24, 2.45) is 0 Å². The van der Waals surface area contributed by atoms with Gasteiger partial charge in [-0.2, -0.15) is 0 Å². The van der Waals surface area contributed by atoms with Crippen LogP contribution in [-0.2, 0) is 0 Å². The third-order valence-corrected chi connectivity index (χ3v) is 2.42. The normalized spacial score (nSPS) is 10.2. The summed E-state index contributed by atoms with van der Waals surface area (Å²) in [5.41, 5.74) is 11.8. The van der Waals surface area contributed by atoms with Gasteiger partial charge in [0.1, 0.15) is 0 Å². The van der Waals surface area contributed by atoms with Gasteiger partial charge < -0.3 is 5.73 Å². The summed E-state index contributed by atoms with van der Waals surface area (Å²) in [7, 11) is 0. The molecule has 0 aliphatic rings. The predicted octanol–water partition coefficient (Wildman–Crippen LogP) is 2.50. The van der Waals surface area contributed by atoms with Gasteiger partial charge in [0.2, 0.25) is 0 Å². The van der Waals surface area contributed by atoms with Crippen LogP contribution in [0.25, 0.3) is 0 Å². The van der Waals surface area contributed by atoms with E-state index in [-0.39, 0.29) is 0 Å². The van der Waals surface area contributed by atoms with E-state index in [0.717, 1.165) is 5.69 Å². The lowest BCUT2D eigenvalue weighted by atomic mass is 9.99. The summed E-state index contributed by atoms with van der Waals surface area (Å²) in [4.78, 5) is 0. The first-order chi connectivity index (χ1) is 5.04.